The predicted molar refractivity (Wildman–Crippen MR) is 47.7 cm³/mol. The Morgan fingerprint density at radius 2 is 0.917 bits per heavy atom. The van der Waals surface area contributed by atoms with Gasteiger partial charge in [0.05, 0.1) is 0 Å². The molecule has 0 aliphatic carbocycles. The van der Waals surface area contributed by atoms with E-state index in [2.05, 4.69) is 22.4 Å². The van der Waals surface area contributed by atoms with Crippen LogP contribution < -0.4 is 35.7 Å². The van der Waals surface area contributed by atoms with E-state index in [-0.39, 0.29) is 37.1 Å². The SMILES string of the molecule is N.O=S(O)(O)=S.O=S(O)(O)=S.[H-].[Na+]. The smallest absolute Gasteiger partial charge is 1.00 e. The molecule has 0 aromatic carbocycles. The molecule has 0 radical (unpaired) electrons. The van der Waals surface area contributed by atoms with Crippen molar-refractivity contribution in [1.82, 2.24) is 6.15 Å². The van der Waals surface area contributed by atoms with E-state index in [1.165, 1.54) is 0 Å². The number of hydrogen-bond acceptors (Lipinski definition) is 5. The standard InChI is InChI=1S/H3N.Na.2H2O3S2.H/c;;2*1-5(2,3)4;/h1H3;;2*(H2,1,2,3,4);/q;+1;;;-1. The van der Waals surface area contributed by atoms with E-state index in [1.54, 1.807) is 0 Å². The van der Waals surface area contributed by atoms with Gasteiger partial charge in [-0.2, -0.15) is 8.42 Å². The first-order valence-corrected chi connectivity index (χ1v) is 6.19. The van der Waals surface area contributed by atoms with E-state index in [0.29, 0.717) is 0 Å². The summed E-state index contributed by atoms with van der Waals surface area (Å²) >= 11 is 6.93. The van der Waals surface area contributed by atoms with Crippen molar-refractivity contribution in [1.29, 1.82) is 0 Å². The summed E-state index contributed by atoms with van der Waals surface area (Å²) in [5.74, 6) is 0. The van der Waals surface area contributed by atoms with Gasteiger partial charge in [0.2, 0.25) is 0 Å². The molecule has 0 rings (SSSR count). The van der Waals surface area contributed by atoms with Gasteiger partial charge in [-0.3, -0.25) is 18.2 Å². The average molecular weight is 269 g/mol. The Morgan fingerprint density at radius 3 is 0.917 bits per heavy atom. The summed E-state index contributed by atoms with van der Waals surface area (Å²) < 4.78 is 47.9. The molecule has 12 heteroatoms. The van der Waals surface area contributed by atoms with Crippen LogP contribution in [0.25, 0.3) is 0 Å². The molecule has 0 saturated heterocycles. The zero-order valence-corrected chi connectivity index (χ0v) is 11.2. The molecule has 0 aromatic heterocycles. The Morgan fingerprint density at radius 1 is 0.917 bits per heavy atom. The maximum atomic E-state index is 9.11. The minimum Gasteiger partial charge on any atom is -1.00 e. The van der Waals surface area contributed by atoms with Crippen molar-refractivity contribution < 1.29 is 57.6 Å². The van der Waals surface area contributed by atoms with Crippen molar-refractivity contribution in [3.63, 3.8) is 0 Å². The van der Waals surface area contributed by atoms with Crippen LogP contribution in [0.4, 0.5) is 0 Å². The normalized spacial score (nSPS) is 9.67. The van der Waals surface area contributed by atoms with E-state index in [4.69, 9.17) is 26.6 Å². The van der Waals surface area contributed by atoms with Gasteiger partial charge in [-0.05, 0) is 0 Å². The van der Waals surface area contributed by atoms with Crippen LogP contribution in [-0.2, 0) is 40.5 Å². The minimum absolute atomic E-state index is 0. The largest absolute Gasteiger partial charge is 1.00 e. The van der Waals surface area contributed by atoms with Crippen molar-refractivity contribution in [2.24, 2.45) is 0 Å². The summed E-state index contributed by atoms with van der Waals surface area (Å²) in [7, 11) is -7.67. The molecule has 7 nitrogen and oxygen atoms in total. The van der Waals surface area contributed by atoms with Crippen molar-refractivity contribution in [2.45, 2.75) is 0 Å². The summed E-state index contributed by atoms with van der Waals surface area (Å²) in [5, 5.41) is 0. The first-order valence-electron chi connectivity index (χ1n) is 1.40. The summed E-state index contributed by atoms with van der Waals surface area (Å²) in [6, 6.07) is 0. The average Bonchev–Trinajstić information content (AvgIpc) is 1.12. The van der Waals surface area contributed by atoms with Crippen LogP contribution in [0.2, 0.25) is 0 Å². The van der Waals surface area contributed by atoms with E-state index >= 15 is 0 Å². The summed E-state index contributed by atoms with van der Waals surface area (Å²) in [6.07, 6.45) is 0. The fraction of sp³-hybridized carbons (Fsp3) is 0. The van der Waals surface area contributed by atoms with Crippen LogP contribution >= 0.6 is 0 Å². The van der Waals surface area contributed by atoms with Crippen LogP contribution in [0.1, 0.15) is 1.43 Å². The van der Waals surface area contributed by atoms with Crippen LogP contribution in [0.3, 0.4) is 0 Å². The van der Waals surface area contributed by atoms with Gasteiger partial charge < -0.3 is 7.58 Å². The van der Waals surface area contributed by atoms with Crippen molar-refractivity contribution >= 4 is 40.5 Å². The molecule has 0 fully saturated rings. The molecular formula is H8NNaO6S4. The van der Waals surface area contributed by atoms with Crippen LogP contribution in [-0.4, -0.2) is 26.6 Å². The maximum absolute atomic E-state index is 9.11. The summed E-state index contributed by atoms with van der Waals surface area (Å²) in [6.45, 7) is 0. The Labute approximate surface area is 103 Å². The third-order valence-corrected chi connectivity index (χ3v) is 0. The zero-order chi connectivity index (χ0) is 9.00. The quantitative estimate of drug-likeness (QED) is 0.284. The van der Waals surface area contributed by atoms with Gasteiger partial charge in [0.15, 0.2) is 0 Å². The van der Waals surface area contributed by atoms with Crippen molar-refractivity contribution in [3.05, 3.63) is 0 Å². The number of rotatable bonds is 0. The number of hydrogen-bond donors (Lipinski definition) is 5. The molecule has 0 atom stereocenters. The summed E-state index contributed by atoms with van der Waals surface area (Å²) in [4.78, 5) is 0. The molecule has 0 saturated carbocycles. The molecule has 0 heterocycles. The van der Waals surface area contributed by atoms with Crippen LogP contribution in [0.15, 0.2) is 0 Å². The van der Waals surface area contributed by atoms with Gasteiger partial charge in [0, 0.05) is 22.4 Å². The fourth-order valence-electron chi connectivity index (χ4n) is 0. The van der Waals surface area contributed by atoms with E-state index in [0.717, 1.165) is 0 Å². The first kappa shape index (κ1) is 23.4. The molecule has 0 spiro atoms. The Kier molecular flexibility index (Phi) is 17.8. The minimum atomic E-state index is -3.83. The Bertz CT molecular complexity index is 221. The molecule has 0 aliphatic heterocycles. The van der Waals surface area contributed by atoms with Gasteiger partial charge in [-0.15, -0.1) is 0 Å². The molecule has 0 amide bonds. The van der Waals surface area contributed by atoms with Crippen molar-refractivity contribution in [3.8, 4) is 0 Å². The molecule has 0 bridgehead atoms. The molecule has 0 aromatic rings. The molecule has 0 aliphatic rings. The topological polar surface area (TPSA) is 150 Å². The first-order chi connectivity index (χ1) is 4.00. The van der Waals surface area contributed by atoms with Crippen LogP contribution in [0.5, 0.6) is 0 Å². The molecule has 12 heavy (non-hydrogen) atoms. The van der Waals surface area contributed by atoms with Gasteiger partial charge in [0.25, 0.3) is 18.1 Å². The molecule has 0 unspecified atom stereocenters. The Hall–Kier alpha value is 1.54. The maximum Gasteiger partial charge on any atom is 1.00 e. The van der Waals surface area contributed by atoms with Gasteiger partial charge in [-0.1, -0.05) is 0 Å². The molecular weight excluding hydrogens is 261 g/mol. The second-order valence-corrected chi connectivity index (χ2v) is 5.29. The second-order valence-electron chi connectivity index (χ2n) is 0.896. The second kappa shape index (κ2) is 9.11. The van der Waals surface area contributed by atoms with Crippen molar-refractivity contribution in [2.75, 3.05) is 0 Å². The van der Waals surface area contributed by atoms with Crippen LogP contribution in [0, 0.1) is 0 Å². The summed E-state index contributed by atoms with van der Waals surface area (Å²) in [5.41, 5.74) is 0. The third-order valence-electron chi connectivity index (χ3n) is 0. The third kappa shape index (κ3) is 541. The van der Waals surface area contributed by atoms with Gasteiger partial charge in [0.1, 0.15) is 0 Å². The zero-order valence-electron chi connectivity index (χ0n) is 6.95. The van der Waals surface area contributed by atoms with Gasteiger partial charge in [-0.25, -0.2) is 0 Å². The van der Waals surface area contributed by atoms with E-state index < -0.39 is 18.1 Å². The predicted octanol–water partition coefficient (Wildman–Crippen LogP) is -3.36. The fourth-order valence-corrected chi connectivity index (χ4v) is 0. The monoisotopic (exact) mass is 269 g/mol. The van der Waals surface area contributed by atoms with Gasteiger partial charge >= 0.3 is 29.6 Å². The Balaban J connectivity index is -0.0000000267. The molecule has 74 valence electrons. The van der Waals surface area contributed by atoms with E-state index in [9.17, 15) is 0 Å². The van der Waals surface area contributed by atoms with E-state index in [1.807, 2.05) is 0 Å². The molecule has 7 N–H and O–H groups in total.